The number of anilines is 3. The molecular formula is C46H61N5O7Si. The second kappa shape index (κ2) is 18.2. The summed E-state index contributed by atoms with van der Waals surface area (Å²) >= 11 is 0. The summed E-state index contributed by atoms with van der Waals surface area (Å²) in [5.41, 5.74) is 3.81. The highest BCUT2D eigenvalue weighted by Crippen LogP contribution is 2.42. The van der Waals surface area contributed by atoms with E-state index in [1.54, 1.807) is 18.5 Å². The summed E-state index contributed by atoms with van der Waals surface area (Å²) in [6, 6.07) is 19.1. The van der Waals surface area contributed by atoms with Crippen LogP contribution in [-0.2, 0) is 36.5 Å². The molecule has 3 atom stereocenters. The third-order valence-electron chi connectivity index (χ3n) is 11.5. The molecule has 0 bridgehead atoms. The van der Waals surface area contributed by atoms with E-state index in [1.165, 1.54) is 0 Å². The van der Waals surface area contributed by atoms with Gasteiger partial charge in [0.15, 0.2) is 14.1 Å². The van der Waals surface area contributed by atoms with Gasteiger partial charge in [-0.05, 0) is 74.7 Å². The molecule has 2 saturated heterocycles. The van der Waals surface area contributed by atoms with E-state index in [0.29, 0.717) is 37.4 Å². The Kier molecular flexibility index (Phi) is 13.5. The Morgan fingerprint density at radius 2 is 1.66 bits per heavy atom. The lowest BCUT2D eigenvalue weighted by Crippen LogP contribution is -2.55. The fourth-order valence-corrected chi connectivity index (χ4v) is 9.01. The second-order valence-electron chi connectivity index (χ2n) is 18.4. The van der Waals surface area contributed by atoms with Crippen LogP contribution in [0.4, 0.5) is 21.9 Å². The Morgan fingerprint density at radius 3 is 2.36 bits per heavy atom. The molecule has 0 radical (unpaired) electrons. The predicted octanol–water partition coefficient (Wildman–Crippen LogP) is 8.84. The van der Waals surface area contributed by atoms with Crippen LogP contribution in [0.15, 0.2) is 73.1 Å². The Bertz CT molecular complexity index is 2110. The van der Waals surface area contributed by atoms with Crippen molar-refractivity contribution in [2.24, 2.45) is 11.8 Å². The monoisotopic (exact) mass is 823 g/mol. The van der Waals surface area contributed by atoms with Crippen LogP contribution in [0.1, 0.15) is 76.5 Å². The molecule has 2 fully saturated rings. The van der Waals surface area contributed by atoms with Crippen LogP contribution in [0.5, 0.6) is 0 Å². The lowest BCUT2D eigenvalue weighted by atomic mass is 9.84. The van der Waals surface area contributed by atoms with Gasteiger partial charge in [0.05, 0.1) is 36.9 Å². The summed E-state index contributed by atoms with van der Waals surface area (Å²) in [5, 5.41) is 3.59. The van der Waals surface area contributed by atoms with E-state index < -0.39 is 20.0 Å². The fraction of sp³-hybridized carbons (Fsp3) is 0.500. The molecule has 2 aliphatic rings. The number of hydrogen-bond donors (Lipinski definition) is 1. The highest BCUT2D eigenvalue weighted by molar-refractivity contribution is 6.74. The van der Waals surface area contributed by atoms with Gasteiger partial charge in [0, 0.05) is 73.2 Å². The molecule has 0 spiro atoms. The van der Waals surface area contributed by atoms with Crippen LogP contribution in [-0.4, -0.2) is 87.2 Å². The number of carbonyl (C=O) groups is 3. The fourth-order valence-electron chi connectivity index (χ4n) is 7.55. The number of amides is 1. The number of hydrogen-bond acceptors (Lipinski definition) is 11. The smallest absolute Gasteiger partial charge is 0.412 e. The van der Waals surface area contributed by atoms with Crippen molar-refractivity contribution in [2.45, 2.75) is 97.8 Å². The summed E-state index contributed by atoms with van der Waals surface area (Å²) in [7, 11) is -2.20. The van der Waals surface area contributed by atoms with Crippen LogP contribution in [0.25, 0.3) is 10.9 Å². The van der Waals surface area contributed by atoms with Crippen molar-refractivity contribution >= 4 is 54.1 Å². The summed E-state index contributed by atoms with van der Waals surface area (Å²) in [6.07, 6.45) is 2.79. The molecule has 59 heavy (non-hydrogen) atoms. The molecule has 1 amide bonds. The van der Waals surface area contributed by atoms with E-state index in [2.05, 4.69) is 60.9 Å². The Labute approximate surface area is 350 Å². The average molecular weight is 824 g/mol. The van der Waals surface area contributed by atoms with Crippen LogP contribution in [0, 0.1) is 11.8 Å². The largest absolute Gasteiger partial charge is 0.460 e. The molecule has 12 nitrogen and oxygen atoms in total. The summed E-state index contributed by atoms with van der Waals surface area (Å²) in [6.45, 7) is 23.1. The molecule has 1 N–H and O–H groups in total. The van der Waals surface area contributed by atoms with Gasteiger partial charge in [-0.3, -0.25) is 19.9 Å². The minimum atomic E-state index is -2.20. The zero-order chi connectivity index (χ0) is 42.5. The Morgan fingerprint density at radius 1 is 0.932 bits per heavy atom. The third kappa shape index (κ3) is 11.3. The van der Waals surface area contributed by atoms with Crippen LogP contribution in [0.3, 0.4) is 0 Å². The van der Waals surface area contributed by atoms with Crippen molar-refractivity contribution in [3.05, 3.63) is 89.9 Å². The van der Waals surface area contributed by atoms with Crippen molar-refractivity contribution in [1.82, 2.24) is 9.97 Å². The normalized spacial score (nSPS) is 19.0. The van der Waals surface area contributed by atoms with Crippen LogP contribution >= 0.6 is 0 Å². The van der Waals surface area contributed by atoms with E-state index in [-0.39, 0.29) is 65.6 Å². The molecule has 4 heterocycles. The average Bonchev–Trinajstić information content (AvgIpc) is 3.17. The number of carbonyl (C=O) groups excluding carboxylic acids is 3. The van der Waals surface area contributed by atoms with Gasteiger partial charge >= 0.3 is 12.1 Å². The number of morpholine rings is 1. The summed E-state index contributed by atoms with van der Waals surface area (Å²) in [5.74, 6) is -0.625. The SMILES string of the molecule is C[C@H]1CN(c2ccncc2CC(=O)c2nc3cc(N4CCOCC4)ccc3cc2NC(=O)OCc2ccccc2)C[C@@H](CC(=O)OC(C)(C)C)[C@@H]1O[Si](C)(C)C(C)(C)C. The first-order valence-electron chi connectivity index (χ1n) is 20.7. The number of nitrogens with one attached hydrogen (secondary N) is 1. The highest BCUT2D eigenvalue weighted by atomic mass is 28.4. The molecule has 2 aromatic heterocycles. The van der Waals surface area contributed by atoms with Crippen molar-refractivity contribution < 1.29 is 33.0 Å². The zero-order valence-corrected chi connectivity index (χ0v) is 37.2. The van der Waals surface area contributed by atoms with Gasteiger partial charge in [-0.25, -0.2) is 9.78 Å². The molecular weight excluding hydrogens is 763 g/mol. The standard InChI is InChI=1S/C46H61N5O7Si/c1-31-28-51(29-35(25-41(53)57-45(2,3)4)43(31)58-59(8,9)46(5,6)7)39-17-18-47-27-34(39)24-40(52)42-38(49-44(54)56-30-32-13-11-10-12-14-32)23-33-15-16-36(26-37(33)48-42)50-19-21-55-22-20-50/h10-18,23,26-27,31,35,43H,19-22,24-25,28-30H2,1-9H3,(H,49,54)/t31-,35+,43+/m0/s1. The van der Waals surface area contributed by atoms with E-state index in [4.69, 9.17) is 23.6 Å². The number of esters is 1. The Balaban J connectivity index is 1.30. The molecule has 0 saturated carbocycles. The first-order valence-corrected chi connectivity index (χ1v) is 23.6. The first kappa shape index (κ1) is 43.7. The predicted molar refractivity (Wildman–Crippen MR) is 235 cm³/mol. The number of pyridine rings is 2. The first-order chi connectivity index (χ1) is 27.9. The highest BCUT2D eigenvalue weighted by Gasteiger charge is 2.45. The molecule has 2 aliphatic heterocycles. The van der Waals surface area contributed by atoms with Crippen molar-refractivity contribution in [2.75, 3.05) is 54.5 Å². The maximum Gasteiger partial charge on any atom is 0.412 e. The van der Waals surface area contributed by atoms with Crippen molar-refractivity contribution in [3.63, 3.8) is 0 Å². The number of ether oxygens (including phenoxy) is 3. The van der Waals surface area contributed by atoms with Gasteiger partial charge < -0.3 is 28.4 Å². The quantitative estimate of drug-likeness (QED) is 0.0835. The molecule has 13 heteroatoms. The number of aromatic nitrogens is 2. The van der Waals surface area contributed by atoms with Crippen LogP contribution < -0.4 is 15.1 Å². The van der Waals surface area contributed by atoms with E-state index in [9.17, 15) is 14.4 Å². The third-order valence-corrected chi connectivity index (χ3v) is 16.0. The Hall–Kier alpha value is -4.85. The van der Waals surface area contributed by atoms with E-state index in [1.807, 2.05) is 75.4 Å². The van der Waals surface area contributed by atoms with Gasteiger partial charge in [0.25, 0.3) is 0 Å². The van der Waals surface area contributed by atoms with E-state index >= 15 is 0 Å². The molecule has 0 unspecified atom stereocenters. The van der Waals surface area contributed by atoms with Gasteiger partial charge in [-0.1, -0.05) is 64.1 Å². The number of piperidine rings is 1. The maximum atomic E-state index is 14.6. The van der Waals surface area contributed by atoms with E-state index in [0.717, 1.165) is 35.4 Å². The van der Waals surface area contributed by atoms with Crippen LogP contribution in [0.2, 0.25) is 18.1 Å². The molecule has 0 aliphatic carbocycles. The number of benzene rings is 2. The number of nitrogens with zero attached hydrogens (tertiary/aromatic N) is 4. The van der Waals surface area contributed by atoms with Gasteiger partial charge in [-0.2, -0.15) is 0 Å². The lowest BCUT2D eigenvalue weighted by Gasteiger charge is -2.48. The lowest BCUT2D eigenvalue weighted by molar-refractivity contribution is -0.157. The maximum absolute atomic E-state index is 14.6. The van der Waals surface area contributed by atoms with Gasteiger partial charge in [-0.15, -0.1) is 0 Å². The zero-order valence-electron chi connectivity index (χ0n) is 36.2. The molecule has 4 aromatic rings. The second-order valence-corrected chi connectivity index (χ2v) is 23.2. The molecule has 6 rings (SSSR count). The topological polar surface area (TPSA) is 132 Å². The van der Waals surface area contributed by atoms with Gasteiger partial charge in [0.1, 0.15) is 17.9 Å². The number of rotatable bonds is 12. The van der Waals surface area contributed by atoms with Gasteiger partial charge in [0.2, 0.25) is 0 Å². The summed E-state index contributed by atoms with van der Waals surface area (Å²) in [4.78, 5) is 55.0. The molecule has 2 aromatic carbocycles. The van der Waals surface area contributed by atoms with Crippen molar-refractivity contribution in [1.29, 1.82) is 0 Å². The number of ketones is 1. The minimum Gasteiger partial charge on any atom is -0.460 e. The minimum absolute atomic E-state index is 0.00777. The number of fused-ring (bicyclic) bond motifs is 1. The molecule has 316 valence electrons. The summed E-state index contributed by atoms with van der Waals surface area (Å²) < 4.78 is 24.0. The van der Waals surface area contributed by atoms with Crippen molar-refractivity contribution in [3.8, 4) is 0 Å². The number of Topliss-reactive ketones (excluding diaryl/α,β-unsaturated/α-hetero) is 1.